The Morgan fingerprint density at radius 2 is 1.80 bits per heavy atom. The highest BCUT2D eigenvalue weighted by Gasteiger charge is 2.09. The lowest BCUT2D eigenvalue weighted by molar-refractivity contribution is -0.131. The normalized spacial score (nSPS) is 11.2. The fourth-order valence-electron chi connectivity index (χ4n) is 1.50. The fourth-order valence-corrected chi connectivity index (χ4v) is 1.72. The number of hydrogen-bond donors (Lipinski definition) is 1. The van der Waals surface area contributed by atoms with Crippen LogP contribution in [0, 0.1) is 0 Å². The molecule has 0 saturated carbocycles. The lowest BCUT2D eigenvalue weighted by atomic mass is 10.2. The minimum absolute atomic E-state index is 0.154. The minimum atomic E-state index is -1.09. The number of carbonyl (C=O) groups is 1. The molecule has 0 aliphatic rings. The SMILES string of the molecule is CCCOc1ccc(/C(Cl)=C/C(=O)O)cc1OCCC. The molecule has 0 unspecified atom stereocenters. The van der Waals surface area contributed by atoms with E-state index in [-0.39, 0.29) is 5.03 Å². The van der Waals surface area contributed by atoms with Crippen LogP contribution in [0.1, 0.15) is 32.3 Å². The Bertz CT molecular complexity index is 483. The molecule has 0 saturated heterocycles. The number of benzene rings is 1. The van der Waals surface area contributed by atoms with Crippen LogP contribution >= 0.6 is 11.6 Å². The topological polar surface area (TPSA) is 55.8 Å². The lowest BCUT2D eigenvalue weighted by Crippen LogP contribution is -2.01. The third-order valence-electron chi connectivity index (χ3n) is 2.39. The quantitative estimate of drug-likeness (QED) is 0.739. The molecule has 0 aromatic heterocycles. The highest BCUT2D eigenvalue weighted by atomic mass is 35.5. The summed E-state index contributed by atoms with van der Waals surface area (Å²) in [6, 6.07) is 5.15. The van der Waals surface area contributed by atoms with Crippen LogP contribution in [0.3, 0.4) is 0 Å². The van der Waals surface area contributed by atoms with E-state index in [0.29, 0.717) is 30.3 Å². The molecule has 0 aliphatic carbocycles. The van der Waals surface area contributed by atoms with E-state index in [1.54, 1.807) is 18.2 Å². The molecule has 1 aromatic rings. The van der Waals surface area contributed by atoms with Crippen molar-refractivity contribution in [1.82, 2.24) is 0 Å². The summed E-state index contributed by atoms with van der Waals surface area (Å²) in [5.74, 6) is 0.135. The van der Waals surface area contributed by atoms with Gasteiger partial charge in [-0.1, -0.05) is 25.4 Å². The predicted octanol–water partition coefficient (Wildman–Crippen LogP) is 3.93. The van der Waals surface area contributed by atoms with Crippen molar-refractivity contribution in [2.45, 2.75) is 26.7 Å². The van der Waals surface area contributed by atoms with Crippen molar-refractivity contribution in [3.05, 3.63) is 29.8 Å². The van der Waals surface area contributed by atoms with Gasteiger partial charge in [0.05, 0.1) is 18.2 Å². The van der Waals surface area contributed by atoms with Crippen molar-refractivity contribution >= 4 is 22.6 Å². The van der Waals surface area contributed by atoms with Gasteiger partial charge in [-0.15, -0.1) is 0 Å². The molecule has 0 aliphatic heterocycles. The molecule has 1 aromatic carbocycles. The van der Waals surface area contributed by atoms with Crippen LogP contribution in [-0.4, -0.2) is 24.3 Å². The zero-order valence-electron chi connectivity index (χ0n) is 11.7. The van der Waals surface area contributed by atoms with Gasteiger partial charge in [0.1, 0.15) is 0 Å². The van der Waals surface area contributed by atoms with E-state index in [9.17, 15) is 4.79 Å². The average molecular weight is 299 g/mol. The molecular formula is C15H19ClO4. The number of hydrogen-bond acceptors (Lipinski definition) is 3. The summed E-state index contributed by atoms with van der Waals surface area (Å²) in [5.41, 5.74) is 0.587. The first-order chi connectivity index (χ1) is 9.58. The summed E-state index contributed by atoms with van der Waals surface area (Å²) in [6.07, 6.45) is 2.72. The van der Waals surface area contributed by atoms with Crippen molar-refractivity contribution in [2.24, 2.45) is 0 Å². The predicted molar refractivity (Wildman–Crippen MR) is 79.5 cm³/mol. The smallest absolute Gasteiger partial charge is 0.329 e. The monoisotopic (exact) mass is 298 g/mol. The van der Waals surface area contributed by atoms with Crippen LogP contribution in [0.15, 0.2) is 24.3 Å². The first-order valence-electron chi connectivity index (χ1n) is 6.58. The molecule has 0 amide bonds. The van der Waals surface area contributed by atoms with Crippen molar-refractivity contribution in [3.63, 3.8) is 0 Å². The van der Waals surface area contributed by atoms with E-state index < -0.39 is 5.97 Å². The van der Waals surface area contributed by atoms with E-state index in [2.05, 4.69) is 0 Å². The van der Waals surface area contributed by atoms with E-state index >= 15 is 0 Å². The Morgan fingerprint density at radius 1 is 1.20 bits per heavy atom. The Morgan fingerprint density at radius 3 is 2.35 bits per heavy atom. The molecule has 0 fully saturated rings. The lowest BCUT2D eigenvalue weighted by Gasteiger charge is -2.13. The van der Waals surface area contributed by atoms with E-state index in [1.807, 2.05) is 13.8 Å². The van der Waals surface area contributed by atoms with Crippen molar-refractivity contribution in [1.29, 1.82) is 0 Å². The highest BCUT2D eigenvalue weighted by Crippen LogP contribution is 2.32. The second-order valence-corrected chi connectivity index (χ2v) is 4.60. The molecule has 5 heteroatoms. The number of carboxylic acids is 1. The van der Waals surface area contributed by atoms with Gasteiger partial charge in [0.2, 0.25) is 0 Å². The van der Waals surface area contributed by atoms with E-state index in [0.717, 1.165) is 18.9 Å². The van der Waals surface area contributed by atoms with Gasteiger partial charge in [0.15, 0.2) is 11.5 Å². The molecule has 0 atom stereocenters. The Labute approximate surface area is 124 Å². The number of carboxylic acid groups (broad SMARTS) is 1. The van der Waals surface area contributed by atoms with Crippen LogP contribution in [0.5, 0.6) is 11.5 Å². The van der Waals surface area contributed by atoms with Gasteiger partial charge in [-0.25, -0.2) is 4.79 Å². The maximum atomic E-state index is 10.6. The Hall–Kier alpha value is -1.68. The Balaban J connectivity index is 3.02. The van der Waals surface area contributed by atoms with Gasteiger partial charge in [-0.05, 0) is 36.6 Å². The molecule has 0 radical (unpaired) electrons. The van der Waals surface area contributed by atoms with Gasteiger partial charge >= 0.3 is 5.97 Å². The molecule has 20 heavy (non-hydrogen) atoms. The van der Waals surface area contributed by atoms with Crippen LogP contribution in [0.25, 0.3) is 5.03 Å². The third-order valence-corrected chi connectivity index (χ3v) is 2.72. The highest BCUT2D eigenvalue weighted by molar-refractivity contribution is 6.50. The van der Waals surface area contributed by atoms with Crippen LogP contribution in [-0.2, 0) is 4.79 Å². The van der Waals surface area contributed by atoms with Crippen molar-refractivity contribution in [2.75, 3.05) is 13.2 Å². The standard InChI is InChI=1S/C15H19ClO4/c1-3-7-19-13-6-5-11(12(16)10-15(17)18)9-14(13)20-8-4-2/h5-6,9-10H,3-4,7-8H2,1-2H3,(H,17,18)/b12-10-. The van der Waals surface area contributed by atoms with Crippen LogP contribution < -0.4 is 9.47 Å². The van der Waals surface area contributed by atoms with Gasteiger partial charge in [-0.2, -0.15) is 0 Å². The fraction of sp³-hybridized carbons (Fsp3) is 0.400. The zero-order chi connectivity index (χ0) is 15.0. The van der Waals surface area contributed by atoms with E-state index in [1.165, 1.54) is 0 Å². The van der Waals surface area contributed by atoms with Crippen molar-refractivity contribution < 1.29 is 19.4 Å². The molecule has 4 nitrogen and oxygen atoms in total. The molecule has 110 valence electrons. The number of halogens is 1. The molecule has 1 N–H and O–H groups in total. The number of ether oxygens (including phenoxy) is 2. The van der Waals surface area contributed by atoms with Gasteiger partial charge in [-0.3, -0.25) is 0 Å². The summed E-state index contributed by atoms with van der Waals surface area (Å²) < 4.78 is 11.2. The molecule has 0 heterocycles. The second-order valence-electron chi connectivity index (χ2n) is 4.19. The average Bonchev–Trinajstić information content (AvgIpc) is 2.42. The maximum Gasteiger partial charge on any atom is 0.329 e. The zero-order valence-corrected chi connectivity index (χ0v) is 12.4. The summed E-state index contributed by atoms with van der Waals surface area (Å²) in [7, 11) is 0. The largest absolute Gasteiger partial charge is 0.490 e. The van der Waals surface area contributed by atoms with Crippen molar-refractivity contribution in [3.8, 4) is 11.5 Å². The third kappa shape index (κ3) is 5.13. The summed E-state index contributed by atoms with van der Waals surface area (Å²) in [5, 5.41) is 8.86. The Kier molecular flexibility index (Phi) is 6.94. The van der Waals surface area contributed by atoms with Crippen LogP contribution in [0.4, 0.5) is 0 Å². The molecule has 0 spiro atoms. The van der Waals surface area contributed by atoms with Gasteiger partial charge < -0.3 is 14.6 Å². The van der Waals surface area contributed by atoms with Gasteiger partial charge in [0.25, 0.3) is 0 Å². The molecule has 1 rings (SSSR count). The minimum Gasteiger partial charge on any atom is -0.490 e. The van der Waals surface area contributed by atoms with Crippen LogP contribution in [0.2, 0.25) is 0 Å². The first kappa shape index (κ1) is 16.4. The summed E-state index contributed by atoms with van der Waals surface area (Å²) in [4.78, 5) is 10.6. The second kappa shape index (κ2) is 8.48. The maximum absolute atomic E-state index is 10.6. The first-order valence-corrected chi connectivity index (χ1v) is 6.96. The summed E-state index contributed by atoms with van der Waals surface area (Å²) in [6.45, 7) is 5.19. The van der Waals surface area contributed by atoms with Gasteiger partial charge in [0, 0.05) is 6.08 Å². The van der Waals surface area contributed by atoms with E-state index in [4.69, 9.17) is 26.2 Å². The molecular weight excluding hydrogens is 280 g/mol. The number of rotatable bonds is 8. The molecule has 0 bridgehead atoms. The number of aliphatic carboxylic acids is 1. The summed E-state index contributed by atoms with van der Waals surface area (Å²) >= 11 is 5.95.